The van der Waals surface area contributed by atoms with Crippen LogP contribution in [0.2, 0.25) is 0 Å². The summed E-state index contributed by atoms with van der Waals surface area (Å²) in [6.07, 6.45) is 1.33. The molecule has 0 radical (unpaired) electrons. The first-order valence-electron chi connectivity index (χ1n) is 5.82. The molecule has 6 nitrogen and oxygen atoms in total. The number of hydrogen-bond acceptors (Lipinski definition) is 5. The van der Waals surface area contributed by atoms with E-state index in [0.717, 1.165) is 0 Å². The second-order valence-electron chi connectivity index (χ2n) is 3.73. The van der Waals surface area contributed by atoms with Gasteiger partial charge in [0.1, 0.15) is 0 Å². The van der Waals surface area contributed by atoms with Gasteiger partial charge in [0.15, 0.2) is 0 Å². The minimum absolute atomic E-state index is 0.0201. The van der Waals surface area contributed by atoms with Crippen LogP contribution in [0.5, 0.6) is 0 Å². The summed E-state index contributed by atoms with van der Waals surface area (Å²) >= 11 is 0. The summed E-state index contributed by atoms with van der Waals surface area (Å²) in [6.45, 7) is 8.59. The smallest absolute Gasteiger partial charge is 0.333 e. The van der Waals surface area contributed by atoms with E-state index in [2.05, 4.69) is 17.9 Å². The molecule has 0 saturated heterocycles. The zero-order chi connectivity index (χ0) is 15.3. The third-order valence-corrected chi connectivity index (χ3v) is 1.82. The molecule has 0 aromatic carbocycles. The Hall–Kier alpha value is -1.66. The molecule has 0 bridgehead atoms. The van der Waals surface area contributed by atoms with Gasteiger partial charge in [-0.05, 0) is 19.8 Å². The minimum Gasteiger partial charge on any atom is -0.478 e. The van der Waals surface area contributed by atoms with E-state index in [1.54, 1.807) is 6.92 Å². The highest BCUT2D eigenvalue weighted by Crippen LogP contribution is 2.00. The Morgan fingerprint density at radius 2 is 1.63 bits per heavy atom. The van der Waals surface area contributed by atoms with Crippen LogP contribution in [0.1, 0.15) is 26.2 Å². The summed E-state index contributed by atoms with van der Waals surface area (Å²) in [5.74, 6) is -1.38. The molecule has 0 aliphatic heterocycles. The number of carboxylic acid groups (broad SMARTS) is 1. The summed E-state index contributed by atoms with van der Waals surface area (Å²) < 4.78 is 4.65. The minimum atomic E-state index is -0.983. The SMILES string of the molecule is C=C(C)C(=O)OCCCO.C=C(CCCO)C(=O)O. The maximum absolute atomic E-state index is 10.6. The number of esters is 1. The van der Waals surface area contributed by atoms with Crippen LogP contribution in [0.4, 0.5) is 0 Å². The van der Waals surface area contributed by atoms with Crippen molar-refractivity contribution in [3.63, 3.8) is 0 Å². The molecule has 6 heteroatoms. The maximum atomic E-state index is 10.6. The lowest BCUT2D eigenvalue weighted by Crippen LogP contribution is -2.06. The third-order valence-electron chi connectivity index (χ3n) is 1.82. The van der Waals surface area contributed by atoms with E-state index in [0.29, 0.717) is 24.8 Å². The lowest BCUT2D eigenvalue weighted by molar-refractivity contribution is -0.139. The predicted octanol–water partition coefficient (Wildman–Crippen LogP) is 0.888. The maximum Gasteiger partial charge on any atom is 0.333 e. The number of aliphatic carboxylic acids is 1. The van der Waals surface area contributed by atoms with Crippen LogP contribution >= 0.6 is 0 Å². The van der Waals surface area contributed by atoms with Gasteiger partial charge in [-0.2, -0.15) is 0 Å². The van der Waals surface area contributed by atoms with Crippen LogP contribution in [-0.2, 0) is 14.3 Å². The van der Waals surface area contributed by atoms with Crippen molar-refractivity contribution in [2.45, 2.75) is 26.2 Å². The fraction of sp³-hybridized carbons (Fsp3) is 0.538. The monoisotopic (exact) mass is 274 g/mol. The molecule has 0 amide bonds. The summed E-state index contributed by atoms with van der Waals surface area (Å²) in [5.41, 5.74) is 0.544. The quantitative estimate of drug-likeness (QED) is 0.345. The van der Waals surface area contributed by atoms with Gasteiger partial charge in [0.2, 0.25) is 0 Å². The van der Waals surface area contributed by atoms with Crippen LogP contribution in [0.25, 0.3) is 0 Å². The highest BCUT2D eigenvalue weighted by Gasteiger charge is 2.01. The molecule has 0 saturated carbocycles. The van der Waals surface area contributed by atoms with E-state index in [1.807, 2.05) is 0 Å². The molecule has 0 aromatic rings. The Balaban J connectivity index is 0. The van der Waals surface area contributed by atoms with Gasteiger partial charge in [-0.3, -0.25) is 0 Å². The molecule has 110 valence electrons. The number of hydrogen-bond donors (Lipinski definition) is 3. The third kappa shape index (κ3) is 14.3. The Morgan fingerprint density at radius 3 is 2.00 bits per heavy atom. The van der Waals surface area contributed by atoms with Gasteiger partial charge < -0.3 is 20.1 Å². The van der Waals surface area contributed by atoms with E-state index in [4.69, 9.17) is 15.3 Å². The Labute approximate surface area is 113 Å². The Kier molecular flexibility index (Phi) is 13.2. The molecular weight excluding hydrogens is 252 g/mol. The molecule has 19 heavy (non-hydrogen) atoms. The van der Waals surface area contributed by atoms with Gasteiger partial charge in [-0.15, -0.1) is 0 Å². The molecule has 0 aliphatic rings. The van der Waals surface area contributed by atoms with E-state index < -0.39 is 11.9 Å². The number of ether oxygens (including phenoxy) is 1. The number of aliphatic hydroxyl groups excluding tert-OH is 2. The highest BCUT2D eigenvalue weighted by atomic mass is 16.5. The van der Waals surface area contributed by atoms with Gasteiger partial charge >= 0.3 is 11.9 Å². The molecule has 0 fully saturated rings. The molecule has 0 heterocycles. The van der Waals surface area contributed by atoms with E-state index in [9.17, 15) is 9.59 Å². The van der Waals surface area contributed by atoms with Crippen molar-refractivity contribution in [2.24, 2.45) is 0 Å². The van der Waals surface area contributed by atoms with E-state index in [-0.39, 0.29) is 25.4 Å². The number of aliphatic hydroxyl groups is 2. The van der Waals surface area contributed by atoms with Gasteiger partial charge in [-0.25, -0.2) is 9.59 Å². The highest BCUT2D eigenvalue weighted by molar-refractivity contribution is 5.86. The number of carboxylic acids is 1. The Morgan fingerprint density at radius 1 is 1.11 bits per heavy atom. The molecule has 0 aliphatic carbocycles. The lowest BCUT2D eigenvalue weighted by Gasteiger charge is -2.00. The van der Waals surface area contributed by atoms with Gasteiger partial charge in [-0.1, -0.05) is 13.2 Å². The lowest BCUT2D eigenvalue weighted by atomic mass is 10.2. The molecular formula is C13H22O6. The van der Waals surface area contributed by atoms with Crippen molar-refractivity contribution >= 4 is 11.9 Å². The van der Waals surface area contributed by atoms with Crippen molar-refractivity contribution in [1.29, 1.82) is 0 Å². The van der Waals surface area contributed by atoms with Crippen molar-refractivity contribution in [3.05, 3.63) is 24.3 Å². The van der Waals surface area contributed by atoms with Gasteiger partial charge in [0.05, 0.1) is 6.61 Å². The predicted molar refractivity (Wildman–Crippen MR) is 70.6 cm³/mol. The average molecular weight is 274 g/mol. The summed E-state index contributed by atoms with van der Waals surface area (Å²) in [6, 6.07) is 0. The van der Waals surface area contributed by atoms with E-state index >= 15 is 0 Å². The molecule has 0 unspecified atom stereocenters. The second kappa shape index (κ2) is 12.8. The molecule has 0 rings (SSSR count). The molecule has 3 N–H and O–H groups in total. The standard InChI is InChI=1S/C7H12O3.C6H10O3/c1-6(2)7(9)10-5-3-4-8;1-5(6(8)9)3-2-4-7/h8H,1,3-5H2,2H3;7H,1-4H2,(H,8,9). The molecule has 0 aromatic heterocycles. The van der Waals surface area contributed by atoms with E-state index in [1.165, 1.54) is 0 Å². The van der Waals surface area contributed by atoms with Crippen LogP contribution < -0.4 is 0 Å². The summed E-state index contributed by atoms with van der Waals surface area (Å²) in [5, 5.41) is 24.8. The first kappa shape index (κ1) is 19.7. The number of rotatable bonds is 8. The summed E-state index contributed by atoms with van der Waals surface area (Å²) in [7, 11) is 0. The first-order valence-corrected chi connectivity index (χ1v) is 5.82. The fourth-order valence-electron chi connectivity index (χ4n) is 0.752. The topological polar surface area (TPSA) is 104 Å². The Bertz CT molecular complexity index is 308. The van der Waals surface area contributed by atoms with Crippen LogP contribution in [0.3, 0.4) is 0 Å². The summed E-state index contributed by atoms with van der Waals surface area (Å²) in [4.78, 5) is 20.6. The van der Waals surface area contributed by atoms with Crippen molar-refractivity contribution in [2.75, 3.05) is 19.8 Å². The number of carbonyl (C=O) groups excluding carboxylic acids is 1. The van der Waals surface area contributed by atoms with Crippen molar-refractivity contribution < 1.29 is 29.6 Å². The van der Waals surface area contributed by atoms with Crippen LogP contribution in [0.15, 0.2) is 24.3 Å². The van der Waals surface area contributed by atoms with Gasteiger partial charge in [0.25, 0.3) is 0 Å². The zero-order valence-electron chi connectivity index (χ0n) is 11.2. The van der Waals surface area contributed by atoms with Gasteiger partial charge in [0, 0.05) is 30.8 Å². The second-order valence-corrected chi connectivity index (χ2v) is 3.73. The number of carbonyl (C=O) groups is 2. The van der Waals surface area contributed by atoms with Crippen molar-refractivity contribution in [3.8, 4) is 0 Å². The van der Waals surface area contributed by atoms with Crippen molar-refractivity contribution in [1.82, 2.24) is 0 Å². The normalized spacial score (nSPS) is 9.00. The average Bonchev–Trinajstić information content (AvgIpc) is 2.36. The first-order chi connectivity index (χ1) is 8.86. The zero-order valence-corrected chi connectivity index (χ0v) is 11.2. The molecule has 0 atom stereocenters. The fourth-order valence-corrected chi connectivity index (χ4v) is 0.752. The van der Waals surface area contributed by atoms with Crippen LogP contribution in [-0.4, -0.2) is 47.1 Å². The largest absolute Gasteiger partial charge is 0.478 e. The van der Waals surface area contributed by atoms with Crippen LogP contribution in [0, 0.1) is 0 Å². The molecule has 0 spiro atoms.